The highest BCUT2D eigenvalue weighted by Gasteiger charge is 2.42. The summed E-state index contributed by atoms with van der Waals surface area (Å²) in [5, 5.41) is 7.02. The molecule has 0 bridgehead atoms. The maximum absolute atomic E-state index is 12.4. The lowest BCUT2D eigenvalue weighted by molar-refractivity contribution is 0.0950. The molecule has 2 atom stereocenters. The summed E-state index contributed by atoms with van der Waals surface area (Å²) in [4.78, 5) is 19.3. The number of piperidine rings is 1. The summed E-state index contributed by atoms with van der Waals surface area (Å²) >= 11 is 1.49. The van der Waals surface area contributed by atoms with E-state index in [4.69, 9.17) is 0 Å². The van der Waals surface area contributed by atoms with Crippen molar-refractivity contribution in [1.29, 1.82) is 0 Å². The van der Waals surface area contributed by atoms with Gasteiger partial charge in [0.25, 0.3) is 5.91 Å². The number of carbonyl (C=O) groups is 1. The van der Waals surface area contributed by atoms with Gasteiger partial charge in [0.2, 0.25) is 0 Å². The Labute approximate surface area is 183 Å². The molecule has 9 heteroatoms. The van der Waals surface area contributed by atoms with E-state index in [9.17, 15) is 13.2 Å². The molecule has 2 unspecified atom stereocenters. The second-order valence-electron chi connectivity index (χ2n) is 8.57. The molecule has 2 fully saturated rings. The van der Waals surface area contributed by atoms with Crippen molar-refractivity contribution < 1.29 is 13.2 Å². The molecule has 30 heavy (non-hydrogen) atoms. The first kappa shape index (κ1) is 21.6. The Hall–Kier alpha value is -1.58. The Kier molecular flexibility index (Phi) is 6.69. The molecule has 164 valence electrons. The smallest absolute Gasteiger partial charge is 0.251 e. The molecule has 1 aromatic carbocycles. The van der Waals surface area contributed by atoms with Gasteiger partial charge in [-0.3, -0.25) is 9.79 Å². The van der Waals surface area contributed by atoms with Gasteiger partial charge in [0, 0.05) is 23.0 Å². The third kappa shape index (κ3) is 5.56. The van der Waals surface area contributed by atoms with Gasteiger partial charge in [0.05, 0.1) is 17.5 Å². The molecule has 0 saturated carbocycles. The molecule has 4 rings (SSSR count). The van der Waals surface area contributed by atoms with E-state index in [0.29, 0.717) is 12.1 Å². The molecule has 0 spiro atoms. The summed E-state index contributed by atoms with van der Waals surface area (Å²) in [5.41, 5.74) is 1.48. The molecule has 1 amide bonds. The molecule has 2 saturated heterocycles. The highest BCUT2D eigenvalue weighted by molar-refractivity contribution is 8.15. The van der Waals surface area contributed by atoms with Crippen molar-refractivity contribution in [2.24, 2.45) is 10.9 Å². The van der Waals surface area contributed by atoms with Crippen molar-refractivity contribution in [3.8, 4) is 0 Å². The van der Waals surface area contributed by atoms with Crippen LogP contribution < -0.4 is 10.6 Å². The minimum Gasteiger partial charge on any atom is -0.352 e. The van der Waals surface area contributed by atoms with Gasteiger partial charge in [-0.25, -0.2) is 8.42 Å². The lowest BCUT2D eigenvalue weighted by Gasteiger charge is -2.30. The first-order valence-electron chi connectivity index (χ1n) is 10.7. The van der Waals surface area contributed by atoms with Crippen LogP contribution in [0.1, 0.15) is 36.5 Å². The lowest BCUT2D eigenvalue weighted by atomic mass is 9.99. The molecule has 7 nitrogen and oxygen atoms in total. The van der Waals surface area contributed by atoms with E-state index in [1.807, 2.05) is 12.1 Å². The Morgan fingerprint density at radius 3 is 2.63 bits per heavy atom. The monoisotopic (exact) mass is 450 g/mol. The molecular formula is C21H30N4O3S2. The zero-order chi connectivity index (χ0) is 21.1. The topological polar surface area (TPSA) is 90.9 Å². The van der Waals surface area contributed by atoms with Gasteiger partial charge in [-0.15, -0.1) is 0 Å². The van der Waals surface area contributed by atoms with Gasteiger partial charge in [0.15, 0.2) is 15.0 Å². The highest BCUT2D eigenvalue weighted by Crippen LogP contribution is 2.34. The summed E-state index contributed by atoms with van der Waals surface area (Å²) in [6.45, 7) is 6.38. The molecule has 0 aliphatic carbocycles. The number of amides is 1. The van der Waals surface area contributed by atoms with Crippen molar-refractivity contribution >= 4 is 38.4 Å². The van der Waals surface area contributed by atoms with Crippen LogP contribution in [0.3, 0.4) is 0 Å². The van der Waals surface area contributed by atoms with Crippen LogP contribution in [0, 0.1) is 5.92 Å². The van der Waals surface area contributed by atoms with Crippen LogP contribution in [0.15, 0.2) is 29.3 Å². The van der Waals surface area contributed by atoms with Crippen LogP contribution >= 0.6 is 11.8 Å². The Balaban J connectivity index is 1.19. The number of aliphatic imine (C=N–C) groups is 1. The van der Waals surface area contributed by atoms with Crippen LogP contribution in [-0.2, 0) is 9.84 Å². The first-order chi connectivity index (χ1) is 14.4. The number of nitrogens with zero attached hydrogens (tertiary/aromatic N) is 2. The summed E-state index contributed by atoms with van der Waals surface area (Å²) in [5.74, 6) is 1.13. The SMILES string of the molecule is CC1CCN(CCCNC(=O)c2ccc(NC3=NC4CS(=O)(=O)CC4S3)cc2)CC1. The van der Waals surface area contributed by atoms with E-state index < -0.39 is 9.84 Å². The minimum absolute atomic E-state index is 0.0240. The third-order valence-electron chi connectivity index (χ3n) is 6.03. The molecule has 0 aromatic heterocycles. The number of likely N-dealkylation sites (tertiary alicyclic amines) is 1. The molecule has 2 N–H and O–H groups in total. The zero-order valence-electron chi connectivity index (χ0n) is 17.3. The number of benzene rings is 1. The Morgan fingerprint density at radius 2 is 1.93 bits per heavy atom. The molecule has 1 aromatic rings. The van der Waals surface area contributed by atoms with E-state index >= 15 is 0 Å². The van der Waals surface area contributed by atoms with Gasteiger partial charge in [-0.1, -0.05) is 18.7 Å². The van der Waals surface area contributed by atoms with Crippen LogP contribution in [0.4, 0.5) is 5.69 Å². The zero-order valence-corrected chi connectivity index (χ0v) is 19.0. The fourth-order valence-corrected chi connectivity index (χ4v) is 7.81. The maximum Gasteiger partial charge on any atom is 0.251 e. The normalized spacial score (nSPS) is 26.2. The van der Waals surface area contributed by atoms with Crippen molar-refractivity contribution in [2.45, 2.75) is 37.5 Å². The Morgan fingerprint density at radius 1 is 1.20 bits per heavy atom. The minimum atomic E-state index is -2.94. The van der Waals surface area contributed by atoms with E-state index in [0.717, 1.165) is 29.7 Å². The lowest BCUT2D eigenvalue weighted by Crippen LogP contribution is -2.35. The second kappa shape index (κ2) is 9.28. The molecule has 3 aliphatic heterocycles. The summed E-state index contributed by atoms with van der Waals surface area (Å²) in [6, 6.07) is 7.18. The van der Waals surface area contributed by atoms with Crippen LogP contribution in [0.25, 0.3) is 0 Å². The first-order valence-corrected chi connectivity index (χ1v) is 13.4. The van der Waals surface area contributed by atoms with E-state index in [-0.39, 0.29) is 28.7 Å². The number of hydrogen-bond donors (Lipinski definition) is 2. The second-order valence-corrected chi connectivity index (χ2v) is 12.0. The van der Waals surface area contributed by atoms with E-state index in [1.54, 1.807) is 12.1 Å². The molecule has 0 radical (unpaired) electrons. The number of sulfone groups is 1. The molecule has 3 heterocycles. The highest BCUT2D eigenvalue weighted by atomic mass is 32.2. The summed E-state index contributed by atoms with van der Waals surface area (Å²) in [6.07, 6.45) is 3.52. The van der Waals surface area contributed by atoms with Crippen LogP contribution in [-0.4, -0.2) is 73.4 Å². The van der Waals surface area contributed by atoms with Crippen LogP contribution in [0.5, 0.6) is 0 Å². The number of rotatable bonds is 6. The number of anilines is 1. The van der Waals surface area contributed by atoms with Gasteiger partial charge < -0.3 is 15.5 Å². The fourth-order valence-electron chi connectivity index (χ4n) is 4.14. The molecule has 3 aliphatic rings. The van der Waals surface area contributed by atoms with E-state index in [2.05, 4.69) is 27.4 Å². The number of fused-ring (bicyclic) bond motifs is 1. The van der Waals surface area contributed by atoms with Gasteiger partial charge in [-0.2, -0.15) is 0 Å². The van der Waals surface area contributed by atoms with Crippen molar-refractivity contribution in [3.63, 3.8) is 0 Å². The number of carbonyl (C=O) groups excluding carboxylic acids is 1. The summed E-state index contributed by atoms with van der Waals surface area (Å²) < 4.78 is 23.3. The third-order valence-corrected chi connectivity index (χ3v) is 9.17. The van der Waals surface area contributed by atoms with Crippen molar-refractivity contribution in [1.82, 2.24) is 10.2 Å². The van der Waals surface area contributed by atoms with Gasteiger partial charge >= 0.3 is 0 Å². The van der Waals surface area contributed by atoms with Gasteiger partial charge in [-0.05, 0) is 69.1 Å². The maximum atomic E-state index is 12.4. The number of hydrogen-bond acceptors (Lipinski definition) is 7. The van der Waals surface area contributed by atoms with Crippen LogP contribution in [0.2, 0.25) is 0 Å². The number of amidine groups is 1. The predicted octanol–water partition coefficient (Wildman–Crippen LogP) is 2.22. The predicted molar refractivity (Wildman–Crippen MR) is 123 cm³/mol. The average molecular weight is 451 g/mol. The van der Waals surface area contributed by atoms with Crippen molar-refractivity contribution in [3.05, 3.63) is 29.8 Å². The number of thioether (sulfide) groups is 1. The van der Waals surface area contributed by atoms with Crippen molar-refractivity contribution in [2.75, 3.05) is 43.0 Å². The quantitative estimate of drug-likeness (QED) is 0.646. The number of nitrogens with one attached hydrogen (secondary N) is 2. The molecular weight excluding hydrogens is 420 g/mol. The van der Waals surface area contributed by atoms with Gasteiger partial charge in [0.1, 0.15) is 0 Å². The average Bonchev–Trinajstić information content (AvgIpc) is 3.19. The largest absolute Gasteiger partial charge is 0.352 e. The fraction of sp³-hybridized carbons (Fsp3) is 0.619. The summed E-state index contributed by atoms with van der Waals surface area (Å²) in [7, 11) is -2.94. The van der Waals surface area contributed by atoms with E-state index in [1.165, 1.54) is 37.7 Å². The standard InChI is InChI=1S/C21H30N4O3S2/c1-15-7-11-25(12-8-15)10-2-9-22-20(26)16-3-5-17(6-4-16)23-21-24-18-13-30(27,28)14-19(18)29-21/h3-6,15,18-19H,2,7-14H2,1H3,(H,22,26)(H,23,24). The Bertz CT molecular complexity index is 893.